The molecule has 14 nitrogen and oxygen atoms in total. The van der Waals surface area contributed by atoms with Crippen LogP contribution in [0.2, 0.25) is 5.02 Å². The van der Waals surface area contributed by atoms with Gasteiger partial charge in [0.15, 0.2) is 11.5 Å². The molecule has 3 aliphatic rings. The topological polar surface area (TPSA) is 160 Å². The predicted molar refractivity (Wildman–Crippen MR) is 200 cm³/mol. The van der Waals surface area contributed by atoms with Crippen LogP contribution in [0.1, 0.15) is 42.1 Å². The number of fused-ring (bicyclic) bond motifs is 5. The van der Waals surface area contributed by atoms with Crippen LogP contribution in [-0.4, -0.2) is 54.6 Å². The van der Waals surface area contributed by atoms with Crippen molar-refractivity contribution in [3.8, 4) is 17.2 Å². The van der Waals surface area contributed by atoms with Crippen molar-refractivity contribution >= 4 is 40.1 Å². The number of anilines is 1. The number of nitrogens with zero attached hydrogens (tertiary/aromatic N) is 6. The second-order valence-corrected chi connectivity index (χ2v) is 14.7. The van der Waals surface area contributed by atoms with Gasteiger partial charge in [-0.1, -0.05) is 35.9 Å². The lowest BCUT2D eigenvalue weighted by Gasteiger charge is -2.47. The van der Waals surface area contributed by atoms with E-state index in [9.17, 15) is 33.5 Å². The Hall–Kier alpha value is -5.96. The number of methoxy groups -OCH3 is 2. The summed E-state index contributed by atoms with van der Waals surface area (Å²) in [5.74, 6) is -3.00. The molecule has 0 bridgehead atoms. The molecule has 55 heavy (non-hydrogen) atoms. The maximum absolute atomic E-state index is 14.6. The minimum Gasteiger partial charge on any atom is -0.507 e. The van der Waals surface area contributed by atoms with Crippen LogP contribution in [-0.2, 0) is 36.1 Å². The van der Waals surface area contributed by atoms with Gasteiger partial charge in [-0.15, -0.1) is 0 Å². The Kier molecular flexibility index (Phi) is 8.40. The van der Waals surface area contributed by atoms with Crippen LogP contribution in [0.25, 0.3) is 11.0 Å². The van der Waals surface area contributed by atoms with Gasteiger partial charge in [0.1, 0.15) is 17.3 Å². The number of allylic oxidation sites excluding steroid dienone is 2. The zero-order valence-corrected chi connectivity index (χ0v) is 31.3. The number of para-hydroxylation sites is 1. The summed E-state index contributed by atoms with van der Waals surface area (Å²) in [4.78, 5) is 76.3. The molecule has 1 aliphatic carbocycles. The van der Waals surface area contributed by atoms with E-state index in [2.05, 4.69) is 4.98 Å². The number of carbonyl (C=O) groups is 2. The summed E-state index contributed by atoms with van der Waals surface area (Å²) in [6, 6.07) is 11.2. The van der Waals surface area contributed by atoms with Crippen molar-refractivity contribution in [2.24, 2.45) is 18.4 Å². The summed E-state index contributed by atoms with van der Waals surface area (Å²) >= 11 is 6.09. The highest BCUT2D eigenvalue weighted by atomic mass is 35.5. The number of rotatable bonds is 7. The van der Waals surface area contributed by atoms with E-state index in [1.165, 1.54) is 40.3 Å². The van der Waals surface area contributed by atoms with Crippen LogP contribution in [0.5, 0.6) is 17.2 Å². The van der Waals surface area contributed by atoms with E-state index in [-0.39, 0.29) is 48.1 Å². The predicted octanol–water partition coefficient (Wildman–Crippen LogP) is 3.99. The van der Waals surface area contributed by atoms with Gasteiger partial charge in [-0.3, -0.25) is 14.4 Å². The number of aryl methyl sites for hydroxylation is 3. The van der Waals surface area contributed by atoms with Crippen molar-refractivity contribution in [3.05, 3.63) is 119 Å². The lowest BCUT2D eigenvalue weighted by Crippen LogP contribution is -2.49. The summed E-state index contributed by atoms with van der Waals surface area (Å²) in [6.45, 7) is 3.18. The van der Waals surface area contributed by atoms with E-state index < -0.39 is 57.9 Å². The molecule has 2 amide bonds. The number of aromatic hydroxyl groups is 1. The van der Waals surface area contributed by atoms with Crippen LogP contribution in [0.4, 0.5) is 10.1 Å². The molecule has 8 rings (SSSR count). The van der Waals surface area contributed by atoms with Crippen LogP contribution >= 0.6 is 11.6 Å². The molecular formula is C39H36ClFN6O8. The first-order valence-electron chi connectivity index (χ1n) is 17.6. The number of aromatic nitrogens is 5. The summed E-state index contributed by atoms with van der Waals surface area (Å²) in [6.07, 6.45) is 1.70. The van der Waals surface area contributed by atoms with Gasteiger partial charge >= 0.3 is 11.4 Å². The van der Waals surface area contributed by atoms with Gasteiger partial charge in [-0.25, -0.2) is 37.8 Å². The Morgan fingerprint density at radius 1 is 1.02 bits per heavy atom. The number of hydrogen-bond acceptors (Lipinski definition) is 9. The third kappa shape index (κ3) is 5.12. The standard InChI is InChI=1S/C39H36ClFN6O8/c1-19-7-6-8-22(33(19)48)32-21-11-14-45-37(52)44(13-12-26-35(50)43(3)29-18-31(55-5)30(54-4)17-27(29)42-26)38(53)47(45)28(21)16-23-34(49)46(36(51)39(23,32)2)20-9-10-25(41)24(40)15-20/h6-11,15,17-18,23,28,32,48H,12-14,16H2,1-5H3. The van der Waals surface area contributed by atoms with Gasteiger partial charge in [0, 0.05) is 43.6 Å². The molecule has 0 radical (unpaired) electrons. The van der Waals surface area contributed by atoms with Crippen molar-refractivity contribution in [1.82, 2.24) is 23.5 Å². The van der Waals surface area contributed by atoms with Crippen LogP contribution in [0.15, 0.2) is 74.6 Å². The minimum absolute atomic E-state index is 0.0250. The number of amides is 2. The third-order valence-corrected chi connectivity index (χ3v) is 11.9. The zero-order valence-electron chi connectivity index (χ0n) is 30.5. The Labute approximate surface area is 317 Å². The summed E-state index contributed by atoms with van der Waals surface area (Å²) in [7, 11) is 4.56. The number of ether oxygens (including phenoxy) is 2. The van der Waals surface area contributed by atoms with Crippen LogP contribution in [0, 0.1) is 24.1 Å². The van der Waals surface area contributed by atoms with E-state index in [4.69, 9.17) is 21.1 Å². The van der Waals surface area contributed by atoms with E-state index in [1.807, 2.05) is 0 Å². The molecule has 4 unspecified atom stereocenters. The quantitative estimate of drug-likeness (QED) is 0.191. The molecule has 1 saturated carbocycles. The number of phenolic OH excluding ortho intramolecular Hbond substituents is 1. The van der Waals surface area contributed by atoms with E-state index in [0.717, 1.165) is 15.5 Å². The molecule has 2 aromatic heterocycles. The molecule has 5 aromatic rings. The van der Waals surface area contributed by atoms with Gasteiger partial charge in [0.25, 0.3) is 5.56 Å². The molecule has 4 atom stereocenters. The molecule has 4 heterocycles. The maximum atomic E-state index is 14.6. The molecule has 1 N–H and O–H groups in total. The average Bonchev–Trinajstić information content (AvgIpc) is 3.53. The molecule has 0 spiro atoms. The van der Waals surface area contributed by atoms with Gasteiger partial charge < -0.3 is 19.1 Å². The SMILES string of the molecule is COc1cc2nc(CCn3c(=O)n4n(c3=O)C3CC5C(=O)N(c6ccc(F)c(Cl)c6)C(=O)C5(C)C(c5cccc(C)c5O)C3=CC4)c(=O)n(C)c2cc1OC. The van der Waals surface area contributed by atoms with Crippen molar-refractivity contribution < 1.29 is 28.6 Å². The lowest BCUT2D eigenvalue weighted by molar-refractivity contribution is -0.129. The number of phenols is 1. The van der Waals surface area contributed by atoms with Crippen molar-refractivity contribution in [3.63, 3.8) is 0 Å². The summed E-state index contributed by atoms with van der Waals surface area (Å²) < 4.78 is 30.0. The van der Waals surface area contributed by atoms with Crippen molar-refractivity contribution in [2.45, 2.75) is 51.7 Å². The average molecular weight is 771 g/mol. The maximum Gasteiger partial charge on any atom is 0.347 e. The lowest BCUT2D eigenvalue weighted by atomic mass is 9.56. The Balaban J connectivity index is 1.21. The van der Waals surface area contributed by atoms with Crippen molar-refractivity contribution in [1.29, 1.82) is 0 Å². The molecule has 16 heteroatoms. The molecule has 2 aliphatic heterocycles. The van der Waals surface area contributed by atoms with Gasteiger partial charge in [0.05, 0.1) is 59.9 Å². The molecular weight excluding hydrogens is 735 g/mol. The first kappa shape index (κ1) is 36.0. The van der Waals surface area contributed by atoms with Crippen LogP contribution in [0.3, 0.4) is 0 Å². The van der Waals surface area contributed by atoms with Crippen LogP contribution < -0.4 is 31.3 Å². The number of benzene rings is 3. The number of carbonyl (C=O) groups excluding carboxylic acids is 2. The van der Waals surface area contributed by atoms with E-state index >= 15 is 0 Å². The first-order chi connectivity index (χ1) is 26.2. The molecule has 284 valence electrons. The smallest absolute Gasteiger partial charge is 0.347 e. The Morgan fingerprint density at radius 2 is 1.75 bits per heavy atom. The van der Waals surface area contributed by atoms with E-state index in [0.29, 0.717) is 39.2 Å². The fraction of sp³-hybridized carbons (Fsp3) is 0.333. The fourth-order valence-electron chi connectivity index (χ4n) is 8.73. The Morgan fingerprint density at radius 3 is 2.45 bits per heavy atom. The normalized spacial score (nSPS) is 21.7. The zero-order chi connectivity index (χ0) is 39.2. The molecule has 1 saturated heterocycles. The highest BCUT2D eigenvalue weighted by Gasteiger charge is 2.65. The second-order valence-electron chi connectivity index (χ2n) is 14.3. The Bertz CT molecular complexity index is 2710. The molecule has 2 fully saturated rings. The monoisotopic (exact) mass is 770 g/mol. The molecule has 3 aromatic carbocycles. The summed E-state index contributed by atoms with van der Waals surface area (Å²) in [5.41, 5.74) is -0.460. The van der Waals surface area contributed by atoms with Gasteiger partial charge in [-0.2, -0.15) is 0 Å². The third-order valence-electron chi connectivity index (χ3n) is 11.6. The first-order valence-corrected chi connectivity index (χ1v) is 18.0. The van der Waals surface area contributed by atoms with Gasteiger partial charge in [0.2, 0.25) is 11.8 Å². The van der Waals surface area contributed by atoms with Crippen molar-refractivity contribution in [2.75, 3.05) is 19.1 Å². The minimum atomic E-state index is -1.45. The highest BCUT2D eigenvalue weighted by molar-refractivity contribution is 6.31. The number of imide groups is 1. The number of halogens is 2. The van der Waals surface area contributed by atoms with E-state index in [1.54, 1.807) is 57.3 Å². The number of hydrogen-bond donors (Lipinski definition) is 1. The van der Waals surface area contributed by atoms with Gasteiger partial charge in [-0.05, 0) is 49.6 Å². The highest BCUT2D eigenvalue weighted by Crippen LogP contribution is 2.62. The fourth-order valence-corrected chi connectivity index (χ4v) is 8.91. The summed E-state index contributed by atoms with van der Waals surface area (Å²) in [5, 5.41) is 11.2. The largest absolute Gasteiger partial charge is 0.507 e. The second kappa shape index (κ2) is 12.8.